The van der Waals surface area contributed by atoms with Gasteiger partial charge in [-0.2, -0.15) is 0 Å². The smallest absolute Gasteiger partial charge is 0.145 e. The first-order valence-corrected chi connectivity index (χ1v) is 21.4. The third kappa shape index (κ3) is 5.79. The van der Waals surface area contributed by atoms with E-state index in [1.165, 1.54) is 38.8 Å². The number of pyridine rings is 1. The van der Waals surface area contributed by atoms with Crippen molar-refractivity contribution in [3.05, 3.63) is 149 Å². The Hall–Kier alpha value is -5.68. The third-order valence-corrected chi connectivity index (χ3v) is 14.0. The molecular formula is C54H58N4O. The van der Waals surface area contributed by atoms with Crippen molar-refractivity contribution in [2.24, 2.45) is 22.7 Å². The molecule has 0 fully saturated rings. The monoisotopic (exact) mass is 778 g/mol. The predicted octanol–water partition coefficient (Wildman–Crippen LogP) is 13.9. The number of amidine groups is 1. The first kappa shape index (κ1) is 38.8. The van der Waals surface area contributed by atoms with Gasteiger partial charge in [-0.3, -0.25) is 9.56 Å². The van der Waals surface area contributed by atoms with Crippen molar-refractivity contribution in [1.29, 1.82) is 0 Å². The maximum atomic E-state index is 7.19. The van der Waals surface area contributed by atoms with Gasteiger partial charge in [0.05, 0.1) is 22.3 Å². The van der Waals surface area contributed by atoms with Crippen molar-refractivity contribution >= 4 is 33.5 Å². The van der Waals surface area contributed by atoms with Crippen LogP contribution in [0, 0.1) is 38.5 Å². The van der Waals surface area contributed by atoms with Crippen LogP contribution in [0.25, 0.3) is 38.8 Å². The fourth-order valence-corrected chi connectivity index (χ4v) is 11.1. The van der Waals surface area contributed by atoms with Gasteiger partial charge in [-0.25, -0.2) is 4.98 Å². The Labute approximate surface area is 350 Å². The minimum absolute atomic E-state index is 0.218. The standard InChI is InChI=1S/C54H58N4O/c1-32(2)47(33(3)4)54(12)53(10,11)58(48-34(5)19-16-20-35(48)6)50(56-54)39-28-38(37-21-14-13-15-22-37)29-40(30-39)59-46-31-45-44(27-36(46)7)52(8,9)43-25-17-23-41-42-24-18-26-55-51(42)57(45)49(41)43/h13-33,47H,1-12H3/t54-/m1/s1. The van der Waals surface area contributed by atoms with Crippen LogP contribution < -0.4 is 9.64 Å². The summed E-state index contributed by atoms with van der Waals surface area (Å²) >= 11 is 0. The number of aromatic nitrogens is 2. The van der Waals surface area contributed by atoms with Gasteiger partial charge < -0.3 is 9.64 Å². The quantitative estimate of drug-likeness (QED) is 0.154. The number of aliphatic imine (C=N–C) groups is 1. The third-order valence-electron chi connectivity index (χ3n) is 14.0. The van der Waals surface area contributed by atoms with E-state index < -0.39 is 0 Å². The Kier molecular flexibility index (Phi) is 9.01. The lowest BCUT2D eigenvalue weighted by Gasteiger charge is -2.50. The number of fused-ring (bicyclic) bond motifs is 5. The van der Waals surface area contributed by atoms with Gasteiger partial charge >= 0.3 is 0 Å². The van der Waals surface area contributed by atoms with E-state index >= 15 is 0 Å². The van der Waals surface area contributed by atoms with Crippen LogP contribution >= 0.6 is 0 Å². The minimum Gasteiger partial charge on any atom is -0.457 e. The van der Waals surface area contributed by atoms with Crippen molar-refractivity contribution in [2.45, 2.75) is 99.6 Å². The number of hydrogen-bond donors (Lipinski definition) is 0. The summed E-state index contributed by atoms with van der Waals surface area (Å²) in [7, 11) is 0. The van der Waals surface area contributed by atoms with E-state index in [1.807, 2.05) is 12.3 Å². The summed E-state index contributed by atoms with van der Waals surface area (Å²) in [5.74, 6) is 3.81. The number of nitrogens with zero attached hydrogens (tertiary/aromatic N) is 4. The van der Waals surface area contributed by atoms with Crippen molar-refractivity contribution in [2.75, 3.05) is 4.90 Å². The van der Waals surface area contributed by atoms with Gasteiger partial charge in [0, 0.05) is 39.7 Å². The predicted molar refractivity (Wildman–Crippen MR) is 248 cm³/mol. The molecule has 0 bridgehead atoms. The molecule has 1 atom stereocenters. The molecule has 9 rings (SSSR count). The van der Waals surface area contributed by atoms with Crippen LogP contribution in [0.5, 0.6) is 11.5 Å². The molecule has 2 aromatic heterocycles. The average Bonchev–Trinajstić information content (AvgIpc) is 3.63. The second-order valence-electron chi connectivity index (χ2n) is 19.1. The Bertz CT molecular complexity index is 2790. The van der Waals surface area contributed by atoms with Crippen molar-refractivity contribution < 1.29 is 4.74 Å². The van der Waals surface area contributed by atoms with Gasteiger partial charge in [0.1, 0.15) is 23.0 Å². The molecule has 4 heterocycles. The van der Waals surface area contributed by atoms with E-state index in [0.29, 0.717) is 17.8 Å². The fraction of sp³-hybridized carbons (Fsp3) is 0.333. The van der Waals surface area contributed by atoms with Crippen LogP contribution in [-0.4, -0.2) is 26.5 Å². The maximum absolute atomic E-state index is 7.19. The van der Waals surface area contributed by atoms with Gasteiger partial charge in [0.2, 0.25) is 0 Å². The van der Waals surface area contributed by atoms with Crippen LogP contribution in [0.4, 0.5) is 5.69 Å². The molecule has 2 aliphatic rings. The van der Waals surface area contributed by atoms with Gasteiger partial charge in [0.25, 0.3) is 0 Å². The summed E-state index contributed by atoms with van der Waals surface area (Å²) in [4.78, 5) is 13.5. The molecule has 5 nitrogen and oxygen atoms in total. The van der Waals surface area contributed by atoms with E-state index in [2.05, 4.69) is 196 Å². The van der Waals surface area contributed by atoms with Crippen LogP contribution in [-0.2, 0) is 5.41 Å². The van der Waals surface area contributed by atoms with Crippen LogP contribution in [0.1, 0.15) is 95.7 Å². The molecular weight excluding hydrogens is 721 g/mol. The molecule has 5 heteroatoms. The lowest BCUT2D eigenvalue weighted by molar-refractivity contribution is 0.116. The summed E-state index contributed by atoms with van der Waals surface area (Å²) in [5.41, 5.74) is 13.0. The molecule has 0 radical (unpaired) electrons. The van der Waals surface area contributed by atoms with Gasteiger partial charge in [-0.1, -0.05) is 108 Å². The molecule has 7 aromatic rings. The summed E-state index contributed by atoms with van der Waals surface area (Å²) in [6.45, 7) is 28.0. The number of para-hydroxylation sites is 2. The Morgan fingerprint density at radius 2 is 1.27 bits per heavy atom. The fourth-order valence-electron chi connectivity index (χ4n) is 11.1. The van der Waals surface area contributed by atoms with E-state index in [0.717, 1.165) is 56.3 Å². The first-order chi connectivity index (χ1) is 28.0. The molecule has 0 amide bonds. The number of aryl methyl sites for hydroxylation is 3. The number of hydrogen-bond acceptors (Lipinski definition) is 4. The molecule has 0 saturated heterocycles. The Balaban J connectivity index is 1.26. The van der Waals surface area contributed by atoms with Crippen molar-refractivity contribution in [3.8, 4) is 28.3 Å². The van der Waals surface area contributed by atoms with E-state index in [4.69, 9.17) is 14.7 Å². The molecule has 0 N–H and O–H groups in total. The molecule has 59 heavy (non-hydrogen) atoms. The lowest BCUT2D eigenvalue weighted by atomic mass is 9.64. The highest BCUT2D eigenvalue weighted by Crippen LogP contribution is 2.53. The van der Waals surface area contributed by atoms with Crippen molar-refractivity contribution in [1.82, 2.24) is 9.55 Å². The molecule has 0 aliphatic carbocycles. The average molecular weight is 779 g/mol. The zero-order valence-electron chi connectivity index (χ0n) is 36.9. The topological polar surface area (TPSA) is 42.6 Å². The Morgan fingerprint density at radius 3 is 1.97 bits per heavy atom. The summed E-state index contributed by atoms with van der Waals surface area (Å²) in [6, 6.07) is 39.5. The highest BCUT2D eigenvalue weighted by Gasteiger charge is 2.58. The van der Waals surface area contributed by atoms with E-state index in [1.54, 1.807) is 0 Å². The van der Waals surface area contributed by atoms with E-state index in [9.17, 15) is 0 Å². The highest BCUT2D eigenvalue weighted by molar-refractivity contribution is 6.14. The van der Waals surface area contributed by atoms with Crippen molar-refractivity contribution in [3.63, 3.8) is 0 Å². The van der Waals surface area contributed by atoms with E-state index in [-0.39, 0.29) is 16.5 Å². The second kappa shape index (κ2) is 13.7. The molecule has 0 unspecified atom stereocenters. The highest BCUT2D eigenvalue weighted by atomic mass is 16.5. The normalized spacial score (nSPS) is 18.0. The SMILES string of the molecule is Cc1cc2c(cc1Oc1cc(C3=N[C@](C)(C(C(C)C)C(C)C)C(C)(C)N3c3c(C)cccc3C)cc(-c3ccccc3)c1)-n1c3ncccc3c3cccc(c31)C2(C)C. The Morgan fingerprint density at radius 1 is 0.610 bits per heavy atom. The first-order valence-electron chi connectivity index (χ1n) is 21.4. The number of benzene rings is 5. The molecule has 300 valence electrons. The lowest BCUT2D eigenvalue weighted by Crippen LogP contribution is -2.60. The number of rotatable bonds is 8. The summed E-state index contributed by atoms with van der Waals surface area (Å²) in [6.07, 6.45) is 1.90. The number of anilines is 1. The second-order valence-corrected chi connectivity index (χ2v) is 19.1. The zero-order valence-corrected chi connectivity index (χ0v) is 36.9. The molecule has 0 spiro atoms. The molecule has 5 aromatic carbocycles. The van der Waals surface area contributed by atoms with Crippen LogP contribution in [0.3, 0.4) is 0 Å². The molecule has 2 aliphatic heterocycles. The van der Waals surface area contributed by atoms with Crippen LogP contribution in [0.15, 0.2) is 120 Å². The maximum Gasteiger partial charge on any atom is 0.145 e. The van der Waals surface area contributed by atoms with Gasteiger partial charge in [-0.05, 0) is 135 Å². The zero-order chi connectivity index (χ0) is 41.8. The van der Waals surface area contributed by atoms with Gasteiger partial charge in [0.15, 0.2) is 0 Å². The van der Waals surface area contributed by atoms with Crippen LogP contribution in [0.2, 0.25) is 0 Å². The number of ether oxygens (including phenoxy) is 1. The summed E-state index contributed by atoms with van der Waals surface area (Å²) < 4.78 is 9.55. The minimum atomic E-state index is -0.389. The summed E-state index contributed by atoms with van der Waals surface area (Å²) in [5, 5.41) is 2.39. The largest absolute Gasteiger partial charge is 0.457 e. The molecule has 0 saturated carbocycles. The van der Waals surface area contributed by atoms with Gasteiger partial charge in [-0.15, -0.1) is 0 Å².